The average molecular weight is 305 g/mol. The second kappa shape index (κ2) is 7.26. The zero-order chi connectivity index (χ0) is 16.0. The molecule has 0 radical (unpaired) electrons. The van der Waals surface area contributed by atoms with Crippen molar-refractivity contribution in [1.82, 2.24) is 9.88 Å². The van der Waals surface area contributed by atoms with Gasteiger partial charge in [0, 0.05) is 31.5 Å². The van der Waals surface area contributed by atoms with Gasteiger partial charge < -0.3 is 15.3 Å². The van der Waals surface area contributed by atoms with E-state index in [4.69, 9.17) is 5.11 Å². The lowest BCUT2D eigenvalue weighted by molar-refractivity contribution is -0.198. The molecule has 2 N–H and O–H groups in total. The molecule has 1 amide bonds. The van der Waals surface area contributed by atoms with Crippen LogP contribution in [0.2, 0.25) is 0 Å². The van der Waals surface area contributed by atoms with Gasteiger partial charge in [0.2, 0.25) is 0 Å². The second-order valence-electron chi connectivity index (χ2n) is 4.35. The number of aliphatic hydroxyl groups is 1. The van der Waals surface area contributed by atoms with Crippen LogP contribution in [0.3, 0.4) is 0 Å². The number of hydrogen-bond donors (Lipinski definition) is 2. The summed E-state index contributed by atoms with van der Waals surface area (Å²) >= 11 is 0. The van der Waals surface area contributed by atoms with Crippen molar-refractivity contribution in [2.45, 2.75) is 26.1 Å². The van der Waals surface area contributed by atoms with Crippen LogP contribution >= 0.6 is 0 Å². The van der Waals surface area contributed by atoms with Crippen molar-refractivity contribution in [2.24, 2.45) is 0 Å². The van der Waals surface area contributed by atoms with Gasteiger partial charge in [-0.25, -0.2) is 0 Å². The van der Waals surface area contributed by atoms with E-state index in [0.717, 1.165) is 0 Å². The standard InChI is InChI=1S/C13H18F3N3O2/c1-3-19(4-2)12(21)10-7-9(5-6-17-10)18-8-11(20)13(14,15)16/h5-7,11,20H,3-4,8H2,1-2H3,(H,17,18). The number of halogens is 3. The monoisotopic (exact) mass is 305 g/mol. The number of aliphatic hydroxyl groups excluding tert-OH is 1. The van der Waals surface area contributed by atoms with Crippen LogP contribution in [-0.2, 0) is 0 Å². The predicted molar refractivity (Wildman–Crippen MR) is 72.0 cm³/mol. The van der Waals surface area contributed by atoms with E-state index in [0.29, 0.717) is 18.8 Å². The van der Waals surface area contributed by atoms with Crippen molar-refractivity contribution in [3.63, 3.8) is 0 Å². The Hall–Kier alpha value is -1.83. The van der Waals surface area contributed by atoms with E-state index < -0.39 is 18.8 Å². The Labute approximate surface area is 120 Å². The first-order chi connectivity index (χ1) is 9.79. The normalized spacial score (nSPS) is 12.9. The molecule has 1 unspecified atom stereocenters. The molecule has 5 nitrogen and oxygen atoms in total. The quantitative estimate of drug-likeness (QED) is 0.842. The Morgan fingerprint density at radius 1 is 1.43 bits per heavy atom. The molecule has 0 bridgehead atoms. The highest BCUT2D eigenvalue weighted by Gasteiger charge is 2.37. The van der Waals surface area contributed by atoms with E-state index >= 15 is 0 Å². The van der Waals surface area contributed by atoms with Crippen molar-refractivity contribution in [2.75, 3.05) is 25.0 Å². The van der Waals surface area contributed by atoms with Crippen LogP contribution in [0.5, 0.6) is 0 Å². The molecule has 21 heavy (non-hydrogen) atoms. The Morgan fingerprint density at radius 3 is 2.57 bits per heavy atom. The number of anilines is 1. The first-order valence-electron chi connectivity index (χ1n) is 6.53. The fourth-order valence-electron chi connectivity index (χ4n) is 1.66. The lowest BCUT2D eigenvalue weighted by atomic mass is 10.2. The lowest BCUT2D eigenvalue weighted by Crippen LogP contribution is -2.35. The Bertz CT molecular complexity index is 476. The van der Waals surface area contributed by atoms with Crippen molar-refractivity contribution < 1.29 is 23.1 Å². The van der Waals surface area contributed by atoms with E-state index in [1.807, 2.05) is 13.8 Å². The molecule has 0 fully saturated rings. The summed E-state index contributed by atoms with van der Waals surface area (Å²) in [5.74, 6) is -0.292. The molecular formula is C13H18F3N3O2. The highest BCUT2D eigenvalue weighted by Crippen LogP contribution is 2.20. The minimum atomic E-state index is -4.68. The first-order valence-corrected chi connectivity index (χ1v) is 6.53. The summed E-state index contributed by atoms with van der Waals surface area (Å²) in [6.45, 7) is 3.99. The summed E-state index contributed by atoms with van der Waals surface area (Å²) in [4.78, 5) is 17.5. The maximum atomic E-state index is 12.2. The van der Waals surface area contributed by atoms with E-state index in [1.165, 1.54) is 18.3 Å². The average Bonchev–Trinajstić information content (AvgIpc) is 2.45. The van der Waals surface area contributed by atoms with Gasteiger partial charge >= 0.3 is 6.18 Å². The van der Waals surface area contributed by atoms with E-state index in [-0.39, 0.29) is 11.6 Å². The molecule has 1 rings (SSSR count). The van der Waals surface area contributed by atoms with Crippen LogP contribution < -0.4 is 5.32 Å². The molecule has 0 spiro atoms. The number of carbonyl (C=O) groups excluding carboxylic acids is 1. The third kappa shape index (κ3) is 4.89. The smallest absolute Gasteiger partial charge is 0.382 e. The molecule has 0 saturated heterocycles. The van der Waals surface area contributed by atoms with Crippen LogP contribution in [0.4, 0.5) is 18.9 Å². The van der Waals surface area contributed by atoms with E-state index in [1.54, 1.807) is 4.90 Å². The topological polar surface area (TPSA) is 65.5 Å². The van der Waals surface area contributed by atoms with Gasteiger partial charge in [0.1, 0.15) is 5.69 Å². The molecule has 118 valence electrons. The van der Waals surface area contributed by atoms with Crippen molar-refractivity contribution in [3.05, 3.63) is 24.0 Å². The SMILES string of the molecule is CCN(CC)C(=O)c1cc(NCC(O)C(F)(F)F)ccn1. The molecular weight excluding hydrogens is 287 g/mol. The molecule has 0 aliphatic carbocycles. The van der Waals surface area contributed by atoms with Crippen molar-refractivity contribution in [3.8, 4) is 0 Å². The number of rotatable bonds is 6. The van der Waals surface area contributed by atoms with Crippen LogP contribution in [-0.4, -0.2) is 52.8 Å². The van der Waals surface area contributed by atoms with Gasteiger partial charge in [-0.15, -0.1) is 0 Å². The highest BCUT2D eigenvalue weighted by molar-refractivity contribution is 5.93. The minimum absolute atomic E-state index is 0.144. The molecule has 0 aromatic carbocycles. The second-order valence-corrected chi connectivity index (χ2v) is 4.35. The first kappa shape index (κ1) is 17.2. The van der Waals surface area contributed by atoms with Crippen LogP contribution in [0, 0.1) is 0 Å². The summed E-state index contributed by atoms with van der Waals surface area (Å²) in [7, 11) is 0. The number of nitrogens with one attached hydrogen (secondary N) is 1. The maximum Gasteiger partial charge on any atom is 0.416 e. The van der Waals surface area contributed by atoms with Gasteiger partial charge in [0.25, 0.3) is 5.91 Å². The zero-order valence-electron chi connectivity index (χ0n) is 11.8. The molecule has 1 aromatic heterocycles. The number of alkyl halides is 3. The van der Waals surface area contributed by atoms with Crippen LogP contribution in [0.1, 0.15) is 24.3 Å². The van der Waals surface area contributed by atoms with Gasteiger partial charge in [-0.05, 0) is 26.0 Å². The summed E-state index contributed by atoms with van der Waals surface area (Å²) in [6.07, 6.45) is -5.81. The number of aromatic nitrogens is 1. The summed E-state index contributed by atoms with van der Waals surface area (Å²) in [5, 5.41) is 11.4. The molecule has 1 atom stereocenters. The largest absolute Gasteiger partial charge is 0.416 e. The number of pyridine rings is 1. The van der Waals surface area contributed by atoms with Gasteiger partial charge in [-0.3, -0.25) is 9.78 Å². The number of nitrogens with zero attached hydrogens (tertiary/aromatic N) is 2. The molecule has 0 saturated carbocycles. The Morgan fingerprint density at radius 2 is 2.05 bits per heavy atom. The predicted octanol–water partition coefficient (Wildman–Crippen LogP) is 1.90. The third-order valence-corrected chi connectivity index (χ3v) is 2.91. The van der Waals surface area contributed by atoms with Crippen LogP contribution in [0.15, 0.2) is 18.3 Å². The molecule has 0 aliphatic heterocycles. The Kier molecular flexibility index (Phi) is 5.95. The number of amides is 1. The van der Waals surface area contributed by atoms with Gasteiger partial charge in [0.05, 0.1) is 0 Å². The Balaban J connectivity index is 2.75. The molecule has 1 heterocycles. The lowest BCUT2D eigenvalue weighted by Gasteiger charge is -2.19. The zero-order valence-corrected chi connectivity index (χ0v) is 11.8. The number of hydrogen-bond acceptors (Lipinski definition) is 4. The highest BCUT2D eigenvalue weighted by atomic mass is 19.4. The third-order valence-electron chi connectivity index (χ3n) is 2.91. The minimum Gasteiger partial charge on any atom is -0.382 e. The van der Waals surface area contributed by atoms with E-state index in [2.05, 4.69) is 10.3 Å². The van der Waals surface area contributed by atoms with E-state index in [9.17, 15) is 18.0 Å². The fraction of sp³-hybridized carbons (Fsp3) is 0.538. The van der Waals surface area contributed by atoms with Gasteiger partial charge in [-0.1, -0.05) is 0 Å². The maximum absolute atomic E-state index is 12.2. The van der Waals surface area contributed by atoms with Crippen molar-refractivity contribution >= 4 is 11.6 Å². The van der Waals surface area contributed by atoms with Gasteiger partial charge in [0.15, 0.2) is 6.10 Å². The number of carbonyl (C=O) groups is 1. The molecule has 1 aromatic rings. The molecule has 0 aliphatic rings. The molecule has 8 heteroatoms. The fourth-order valence-corrected chi connectivity index (χ4v) is 1.66. The van der Waals surface area contributed by atoms with Crippen LogP contribution in [0.25, 0.3) is 0 Å². The van der Waals surface area contributed by atoms with Gasteiger partial charge in [-0.2, -0.15) is 13.2 Å². The summed E-state index contributed by atoms with van der Waals surface area (Å²) in [6, 6.07) is 2.80. The summed E-state index contributed by atoms with van der Waals surface area (Å²) in [5.41, 5.74) is 0.439. The van der Waals surface area contributed by atoms with Crippen molar-refractivity contribution in [1.29, 1.82) is 0 Å². The summed E-state index contributed by atoms with van der Waals surface area (Å²) < 4.78 is 36.6.